The molecule has 1 aliphatic heterocycles. The van der Waals surface area contributed by atoms with E-state index >= 15 is 0 Å². The standard InChI is InChI=1S/C32H34FN5OS/c1-19-10-9-13-26(20(19)2)35-29(39)27-21(3)34-30-36-31(40-18-23-11-7-8-12-25(23)33)37-38(30)28(27)22-14-16-24(17-15-22)32(4,5)6/h7-17,28H,18H2,1-6H3,(H,35,39)(H,34,36,37). The zero-order valence-electron chi connectivity index (χ0n) is 23.7. The van der Waals surface area contributed by atoms with Crippen LogP contribution in [0.15, 0.2) is 83.2 Å². The molecule has 5 rings (SSSR count). The highest BCUT2D eigenvalue weighted by Gasteiger charge is 2.35. The smallest absolute Gasteiger partial charge is 0.255 e. The fraction of sp³-hybridized carbons (Fsp3) is 0.281. The topological polar surface area (TPSA) is 71.8 Å². The lowest BCUT2D eigenvalue weighted by molar-refractivity contribution is -0.113. The molecule has 0 saturated carbocycles. The lowest BCUT2D eigenvalue weighted by Crippen LogP contribution is -2.31. The van der Waals surface area contributed by atoms with E-state index in [2.05, 4.69) is 55.7 Å². The number of aromatic nitrogens is 3. The molecule has 1 unspecified atom stereocenters. The minimum Gasteiger partial charge on any atom is -0.328 e. The second-order valence-electron chi connectivity index (χ2n) is 11.2. The number of benzene rings is 3. The van der Waals surface area contributed by atoms with Crippen LogP contribution in [0, 0.1) is 19.7 Å². The van der Waals surface area contributed by atoms with Crippen LogP contribution >= 0.6 is 11.8 Å². The quantitative estimate of drug-likeness (QED) is 0.240. The molecule has 4 aromatic rings. The molecule has 2 heterocycles. The Morgan fingerprint density at radius 2 is 1.75 bits per heavy atom. The van der Waals surface area contributed by atoms with Crippen molar-refractivity contribution in [3.63, 3.8) is 0 Å². The maximum atomic E-state index is 14.2. The maximum absolute atomic E-state index is 14.2. The summed E-state index contributed by atoms with van der Waals surface area (Å²) in [4.78, 5) is 18.6. The molecule has 6 nitrogen and oxygen atoms in total. The number of aryl methyl sites for hydroxylation is 1. The number of amides is 1. The molecule has 0 bridgehead atoms. The van der Waals surface area contributed by atoms with Gasteiger partial charge in [-0.1, -0.05) is 87.1 Å². The number of hydrogen-bond acceptors (Lipinski definition) is 5. The number of allylic oxidation sites excluding steroid dienone is 1. The second kappa shape index (κ2) is 10.9. The molecule has 40 heavy (non-hydrogen) atoms. The van der Waals surface area contributed by atoms with E-state index in [9.17, 15) is 9.18 Å². The van der Waals surface area contributed by atoms with Crippen LogP contribution in [0.2, 0.25) is 0 Å². The number of thioether (sulfide) groups is 1. The first-order chi connectivity index (χ1) is 19.0. The van der Waals surface area contributed by atoms with Gasteiger partial charge in [0, 0.05) is 17.1 Å². The van der Waals surface area contributed by atoms with Crippen LogP contribution in [0.1, 0.15) is 61.6 Å². The summed E-state index contributed by atoms with van der Waals surface area (Å²) in [6, 6.07) is 20.4. The lowest BCUT2D eigenvalue weighted by atomic mass is 9.85. The first-order valence-corrected chi connectivity index (χ1v) is 14.3. The molecule has 1 atom stereocenters. The van der Waals surface area contributed by atoms with Crippen molar-refractivity contribution in [3.8, 4) is 0 Å². The number of fused-ring (bicyclic) bond motifs is 1. The minimum atomic E-state index is -0.495. The molecule has 1 aromatic heterocycles. The first-order valence-electron chi connectivity index (χ1n) is 13.3. The van der Waals surface area contributed by atoms with Crippen LogP contribution in [-0.2, 0) is 16.0 Å². The molecule has 8 heteroatoms. The van der Waals surface area contributed by atoms with Crippen LogP contribution in [0.4, 0.5) is 16.0 Å². The molecular weight excluding hydrogens is 521 g/mol. The third-order valence-corrected chi connectivity index (χ3v) is 8.22. The summed E-state index contributed by atoms with van der Waals surface area (Å²) >= 11 is 1.36. The number of carbonyl (C=O) groups is 1. The molecule has 1 aliphatic rings. The Labute approximate surface area is 239 Å². The number of hydrogen-bond donors (Lipinski definition) is 2. The molecule has 1 amide bonds. The summed E-state index contributed by atoms with van der Waals surface area (Å²) in [7, 11) is 0. The van der Waals surface area contributed by atoms with E-state index in [0.29, 0.717) is 33.7 Å². The average Bonchev–Trinajstić information content (AvgIpc) is 3.32. The predicted octanol–water partition coefficient (Wildman–Crippen LogP) is 7.55. The van der Waals surface area contributed by atoms with E-state index in [-0.39, 0.29) is 17.1 Å². The summed E-state index contributed by atoms with van der Waals surface area (Å²) in [5.74, 6) is 0.483. The molecule has 206 valence electrons. The number of anilines is 2. The third kappa shape index (κ3) is 5.54. The van der Waals surface area contributed by atoms with E-state index in [1.54, 1.807) is 16.8 Å². The Balaban J connectivity index is 1.53. The maximum Gasteiger partial charge on any atom is 0.255 e. The van der Waals surface area contributed by atoms with Crippen LogP contribution in [0.3, 0.4) is 0 Å². The number of rotatable bonds is 6. The van der Waals surface area contributed by atoms with Crippen molar-refractivity contribution >= 4 is 29.3 Å². The summed E-state index contributed by atoms with van der Waals surface area (Å²) in [5, 5.41) is 11.7. The van der Waals surface area contributed by atoms with Crippen molar-refractivity contribution in [1.29, 1.82) is 0 Å². The Morgan fingerprint density at radius 1 is 1.02 bits per heavy atom. The van der Waals surface area contributed by atoms with Crippen LogP contribution in [0.5, 0.6) is 0 Å². The van der Waals surface area contributed by atoms with Crippen LogP contribution in [0.25, 0.3) is 0 Å². The molecule has 0 radical (unpaired) electrons. The Hall–Kier alpha value is -3.91. The van der Waals surface area contributed by atoms with Crippen LogP contribution < -0.4 is 10.6 Å². The van der Waals surface area contributed by atoms with Gasteiger partial charge in [-0.2, -0.15) is 4.98 Å². The SMILES string of the molecule is CC1=C(C(=O)Nc2cccc(C)c2C)C(c2ccc(C(C)(C)C)cc2)n2nc(SCc3ccccc3F)nc2N1. The van der Waals surface area contributed by atoms with E-state index in [0.717, 1.165) is 22.4 Å². The number of halogens is 1. The van der Waals surface area contributed by atoms with Gasteiger partial charge in [-0.15, -0.1) is 5.10 Å². The lowest BCUT2D eigenvalue weighted by Gasteiger charge is -2.29. The number of nitrogens with zero attached hydrogens (tertiary/aromatic N) is 3. The Kier molecular flexibility index (Phi) is 7.55. The second-order valence-corrected chi connectivity index (χ2v) is 12.1. The van der Waals surface area contributed by atoms with Gasteiger partial charge < -0.3 is 10.6 Å². The van der Waals surface area contributed by atoms with E-state index in [1.807, 2.05) is 45.0 Å². The zero-order chi connectivity index (χ0) is 28.6. The monoisotopic (exact) mass is 555 g/mol. The summed E-state index contributed by atoms with van der Waals surface area (Å²) < 4.78 is 16.0. The van der Waals surface area contributed by atoms with Gasteiger partial charge in [0.05, 0.1) is 5.57 Å². The average molecular weight is 556 g/mol. The molecule has 2 N–H and O–H groups in total. The van der Waals surface area contributed by atoms with Gasteiger partial charge in [0.25, 0.3) is 5.91 Å². The highest BCUT2D eigenvalue weighted by Crippen LogP contribution is 2.38. The van der Waals surface area contributed by atoms with E-state index in [4.69, 9.17) is 10.1 Å². The van der Waals surface area contributed by atoms with E-state index < -0.39 is 6.04 Å². The predicted molar refractivity (Wildman–Crippen MR) is 160 cm³/mol. The number of nitrogens with one attached hydrogen (secondary N) is 2. The Bertz CT molecular complexity index is 1600. The van der Waals surface area contributed by atoms with Crippen molar-refractivity contribution < 1.29 is 9.18 Å². The van der Waals surface area contributed by atoms with Gasteiger partial charge in [-0.05, 0) is 66.1 Å². The molecule has 0 saturated heterocycles. The normalized spacial score (nSPS) is 15.0. The van der Waals surface area contributed by atoms with Crippen molar-refractivity contribution in [1.82, 2.24) is 14.8 Å². The van der Waals surface area contributed by atoms with Gasteiger partial charge in [-0.3, -0.25) is 4.79 Å². The molecule has 0 aliphatic carbocycles. The summed E-state index contributed by atoms with van der Waals surface area (Å²) in [6.07, 6.45) is 0. The Morgan fingerprint density at radius 3 is 2.45 bits per heavy atom. The third-order valence-electron chi connectivity index (χ3n) is 7.34. The molecular formula is C32H34FN5OS. The van der Waals surface area contributed by atoms with Crippen molar-refractivity contribution in [2.45, 2.75) is 63.9 Å². The molecule has 0 spiro atoms. The first kappa shape index (κ1) is 27.6. The molecule has 0 fully saturated rings. The van der Waals surface area contributed by atoms with Gasteiger partial charge in [-0.25, -0.2) is 9.07 Å². The fourth-order valence-electron chi connectivity index (χ4n) is 4.79. The van der Waals surface area contributed by atoms with Crippen LogP contribution in [-0.4, -0.2) is 20.7 Å². The van der Waals surface area contributed by atoms with Crippen molar-refractivity contribution in [2.24, 2.45) is 0 Å². The van der Waals surface area contributed by atoms with Gasteiger partial charge >= 0.3 is 0 Å². The fourth-order valence-corrected chi connectivity index (χ4v) is 5.61. The van der Waals surface area contributed by atoms with Crippen molar-refractivity contribution in [2.75, 3.05) is 10.6 Å². The van der Waals surface area contributed by atoms with Crippen molar-refractivity contribution in [3.05, 3.63) is 112 Å². The number of carbonyl (C=O) groups excluding carboxylic acids is 1. The summed E-state index contributed by atoms with van der Waals surface area (Å²) in [5.41, 5.74) is 6.89. The zero-order valence-corrected chi connectivity index (χ0v) is 24.5. The van der Waals surface area contributed by atoms with E-state index in [1.165, 1.54) is 23.4 Å². The van der Waals surface area contributed by atoms with Gasteiger partial charge in [0.1, 0.15) is 11.9 Å². The highest BCUT2D eigenvalue weighted by atomic mass is 32.2. The highest BCUT2D eigenvalue weighted by molar-refractivity contribution is 7.98. The van der Waals surface area contributed by atoms with Gasteiger partial charge in [0.15, 0.2) is 0 Å². The van der Waals surface area contributed by atoms with Gasteiger partial charge in [0.2, 0.25) is 11.1 Å². The minimum absolute atomic E-state index is 0.00373. The summed E-state index contributed by atoms with van der Waals surface area (Å²) in [6.45, 7) is 12.4. The molecule has 3 aromatic carbocycles. The largest absolute Gasteiger partial charge is 0.328 e.